The average molecular weight is 333 g/mol. The van der Waals surface area contributed by atoms with E-state index in [1.54, 1.807) is 12.1 Å². The highest BCUT2D eigenvalue weighted by atomic mass is 19.1. The molecular formula is C16H16FN3O4. The van der Waals surface area contributed by atoms with E-state index in [1.807, 2.05) is 0 Å². The second kappa shape index (κ2) is 7.22. The van der Waals surface area contributed by atoms with Crippen LogP contribution in [0.15, 0.2) is 41.5 Å². The van der Waals surface area contributed by atoms with Gasteiger partial charge in [0.15, 0.2) is 0 Å². The van der Waals surface area contributed by atoms with Gasteiger partial charge in [-0.1, -0.05) is 6.07 Å². The molecule has 1 aromatic heterocycles. The number of halogens is 1. The number of hydrogen-bond donors (Lipinski definition) is 2. The van der Waals surface area contributed by atoms with Crippen molar-refractivity contribution in [3.05, 3.63) is 58.5 Å². The Bertz CT molecular complexity index is 759. The van der Waals surface area contributed by atoms with Crippen LogP contribution in [0.4, 0.5) is 4.39 Å². The maximum absolute atomic E-state index is 13.3. The van der Waals surface area contributed by atoms with Crippen molar-refractivity contribution in [2.24, 2.45) is 0 Å². The van der Waals surface area contributed by atoms with Crippen LogP contribution in [-0.4, -0.2) is 41.2 Å². The van der Waals surface area contributed by atoms with Crippen molar-refractivity contribution in [3.8, 4) is 5.75 Å². The summed E-state index contributed by atoms with van der Waals surface area (Å²) in [5.74, 6) is -0.449. The minimum atomic E-state index is -0.449. The van der Waals surface area contributed by atoms with E-state index in [0.29, 0.717) is 18.8 Å². The van der Waals surface area contributed by atoms with Gasteiger partial charge in [0, 0.05) is 18.7 Å². The van der Waals surface area contributed by atoms with Crippen LogP contribution in [0.3, 0.4) is 0 Å². The number of nitrogens with one attached hydrogen (secondary N) is 2. The van der Waals surface area contributed by atoms with Crippen LogP contribution in [0.25, 0.3) is 0 Å². The number of amides is 1. The van der Waals surface area contributed by atoms with Crippen LogP contribution in [0.1, 0.15) is 16.9 Å². The number of rotatable bonds is 4. The molecule has 126 valence electrons. The monoisotopic (exact) mass is 333 g/mol. The lowest BCUT2D eigenvalue weighted by Crippen LogP contribution is -2.52. The van der Waals surface area contributed by atoms with Crippen LogP contribution < -0.4 is 15.6 Å². The summed E-state index contributed by atoms with van der Waals surface area (Å²) >= 11 is 0. The third kappa shape index (κ3) is 3.96. The number of carbonyl (C=O) groups excluding carboxylic acids is 1. The summed E-state index contributed by atoms with van der Waals surface area (Å²) in [6, 6.07) is 5.42. The van der Waals surface area contributed by atoms with Gasteiger partial charge in [-0.05, 0) is 12.1 Å². The molecule has 2 aromatic rings. The molecule has 7 nitrogen and oxygen atoms in total. The van der Waals surface area contributed by atoms with Gasteiger partial charge in [0.2, 0.25) is 0 Å². The fourth-order valence-electron chi connectivity index (χ4n) is 2.42. The van der Waals surface area contributed by atoms with Crippen LogP contribution in [-0.2, 0) is 4.74 Å². The summed E-state index contributed by atoms with van der Waals surface area (Å²) in [4.78, 5) is 29.4. The van der Waals surface area contributed by atoms with E-state index in [9.17, 15) is 14.0 Å². The normalized spacial score (nSPS) is 20.4. The third-order valence-electron chi connectivity index (χ3n) is 3.60. The standard InChI is InChI=1S/C16H16FN3O4/c17-10-2-1-3-11(6-10)24-14-4-5-23-9-13(14)20-16(22)12-7-19-15(21)8-18-12/h1-3,6-8,13-14H,4-5,9H2,(H,19,21)(H,20,22)/t13-,14+/m1/s1. The van der Waals surface area contributed by atoms with Crippen molar-refractivity contribution in [2.75, 3.05) is 13.2 Å². The van der Waals surface area contributed by atoms with Gasteiger partial charge in [0.1, 0.15) is 23.4 Å². The molecule has 24 heavy (non-hydrogen) atoms. The fraction of sp³-hybridized carbons (Fsp3) is 0.312. The van der Waals surface area contributed by atoms with Gasteiger partial charge >= 0.3 is 0 Å². The van der Waals surface area contributed by atoms with E-state index in [4.69, 9.17) is 9.47 Å². The SMILES string of the molecule is O=C(N[C@@H]1COCC[C@@H]1Oc1cccc(F)c1)c1c[nH]c(=O)cn1. The predicted octanol–water partition coefficient (Wildman–Crippen LogP) is 0.875. The number of carbonyl (C=O) groups is 1. The molecule has 1 fully saturated rings. The highest BCUT2D eigenvalue weighted by Crippen LogP contribution is 2.19. The molecule has 3 rings (SSSR count). The largest absolute Gasteiger partial charge is 0.488 e. The van der Waals surface area contributed by atoms with Crippen LogP contribution in [0.2, 0.25) is 0 Å². The molecule has 2 heterocycles. The summed E-state index contributed by atoms with van der Waals surface area (Å²) in [6.07, 6.45) is 2.48. The molecule has 0 spiro atoms. The first-order valence-electron chi connectivity index (χ1n) is 7.47. The quantitative estimate of drug-likeness (QED) is 0.866. The smallest absolute Gasteiger partial charge is 0.271 e. The van der Waals surface area contributed by atoms with Crippen molar-refractivity contribution in [2.45, 2.75) is 18.6 Å². The second-order valence-corrected chi connectivity index (χ2v) is 5.35. The number of aromatic amines is 1. The Hall–Kier alpha value is -2.74. The van der Waals surface area contributed by atoms with E-state index in [2.05, 4.69) is 15.3 Å². The lowest BCUT2D eigenvalue weighted by Gasteiger charge is -2.32. The molecule has 2 N–H and O–H groups in total. The Morgan fingerprint density at radius 1 is 1.46 bits per heavy atom. The Balaban J connectivity index is 1.69. The number of ether oxygens (including phenoxy) is 2. The molecule has 1 aromatic carbocycles. The van der Waals surface area contributed by atoms with E-state index in [0.717, 1.165) is 6.20 Å². The van der Waals surface area contributed by atoms with Gasteiger partial charge in [-0.25, -0.2) is 9.37 Å². The third-order valence-corrected chi connectivity index (χ3v) is 3.60. The summed E-state index contributed by atoms with van der Waals surface area (Å²) in [5.41, 5.74) is -0.301. The Morgan fingerprint density at radius 2 is 2.33 bits per heavy atom. The number of H-pyrrole nitrogens is 1. The molecule has 0 aliphatic carbocycles. The zero-order chi connectivity index (χ0) is 16.9. The van der Waals surface area contributed by atoms with Crippen LogP contribution in [0, 0.1) is 5.82 Å². The predicted molar refractivity (Wildman–Crippen MR) is 82.4 cm³/mol. The Kier molecular flexibility index (Phi) is 4.85. The molecule has 1 amide bonds. The summed E-state index contributed by atoms with van der Waals surface area (Å²) in [6.45, 7) is 0.762. The fourth-order valence-corrected chi connectivity index (χ4v) is 2.42. The van der Waals surface area contributed by atoms with Crippen molar-refractivity contribution in [1.82, 2.24) is 15.3 Å². The first kappa shape index (κ1) is 16.1. The van der Waals surface area contributed by atoms with Crippen molar-refractivity contribution < 1.29 is 18.7 Å². The molecular weight excluding hydrogens is 317 g/mol. The lowest BCUT2D eigenvalue weighted by molar-refractivity contribution is -0.00304. The maximum Gasteiger partial charge on any atom is 0.271 e. The van der Waals surface area contributed by atoms with Gasteiger partial charge < -0.3 is 19.8 Å². The number of nitrogens with zero attached hydrogens (tertiary/aromatic N) is 1. The average Bonchev–Trinajstić information content (AvgIpc) is 2.57. The highest BCUT2D eigenvalue weighted by molar-refractivity contribution is 5.92. The summed E-state index contributed by atoms with van der Waals surface area (Å²) in [5, 5.41) is 2.77. The first-order valence-corrected chi connectivity index (χ1v) is 7.47. The van der Waals surface area contributed by atoms with Gasteiger partial charge in [0.25, 0.3) is 11.5 Å². The highest BCUT2D eigenvalue weighted by Gasteiger charge is 2.29. The zero-order valence-electron chi connectivity index (χ0n) is 12.7. The minimum absolute atomic E-state index is 0.0877. The number of benzene rings is 1. The van der Waals surface area contributed by atoms with Crippen molar-refractivity contribution >= 4 is 5.91 Å². The van der Waals surface area contributed by atoms with Crippen LogP contribution in [0.5, 0.6) is 5.75 Å². The molecule has 1 saturated heterocycles. The van der Waals surface area contributed by atoms with Gasteiger partial charge in [0.05, 0.1) is 25.5 Å². The number of aromatic nitrogens is 2. The molecule has 1 aliphatic rings. The molecule has 0 saturated carbocycles. The molecule has 0 radical (unpaired) electrons. The topological polar surface area (TPSA) is 93.3 Å². The van der Waals surface area contributed by atoms with E-state index in [1.165, 1.54) is 18.3 Å². The van der Waals surface area contributed by atoms with E-state index < -0.39 is 17.8 Å². The summed E-state index contributed by atoms with van der Waals surface area (Å²) in [7, 11) is 0. The molecule has 0 unspecified atom stereocenters. The molecule has 1 aliphatic heterocycles. The Labute approximate surface area is 136 Å². The summed E-state index contributed by atoms with van der Waals surface area (Å²) < 4.78 is 24.4. The number of hydrogen-bond acceptors (Lipinski definition) is 5. The second-order valence-electron chi connectivity index (χ2n) is 5.35. The maximum atomic E-state index is 13.3. The molecule has 0 bridgehead atoms. The van der Waals surface area contributed by atoms with Gasteiger partial charge in [-0.3, -0.25) is 9.59 Å². The molecule has 2 atom stereocenters. The van der Waals surface area contributed by atoms with Crippen LogP contribution >= 0.6 is 0 Å². The van der Waals surface area contributed by atoms with Crippen molar-refractivity contribution in [1.29, 1.82) is 0 Å². The Morgan fingerprint density at radius 3 is 3.08 bits per heavy atom. The van der Waals surface area contributed by atoms with E-state index >= 15 is 0 Å². The van der Waals surface area contributed by atoms with Gasteiger partial charge in [-0.15, -0.1) is 0 Å². The molecule has 8 heteroatoms. The van der Waals surface area contributed by atoms with E-state index in [-0.39, 0.29) is 24.0 Å². The lowest BCUT2D eigenvalue weighted by atomic mass is 10.1. The van der Waals surface area contributed by atoms with Gasteiger partial charge in [-0.2, -0.15) is 0 Å². The minimum Gasteiger partial charge on any atom is -0.488 e. The van der Waals surface area contributed by atoms with Crippen molar-refractivity contribution in [3.63, 3.8) is 0 Å². The zero-order valence-corrected chi connectivity index (χ0v) is 12.7. The first-order chi connectivity index (χ1) is 11.6.